The standard InChI is InChI=1S/C14H22BrN3OS.HI/c1-14(7-3-9-19-14)10-18-13(16-2)17-8-6-11-4-5-12(15)20-11;/h4-5H,3,6-10H2,1-2H3,(H2,16,17,18);1H. The van der Waals surface area contributed by atoms with Crippen LogP contribution in [0.1, 0.15) is 24.6 Å². The minimum Gasteiger partial charge on any atom is -0.373 e. The molecule has 0 saturated carbocycles. The first kappa shape index (κ1) is 19.2. The molecular formula is C14H23BrIN3OS. The van der Waals surface area contributed by atoms with Crippen LogP contribution in [-0.4, -0.2) is 38.3 Å². The van der Waals surface area contributed by atoms with E-state index in [2.05, 4.69) is 50.6 Å². The lowest BCUT2D eigenvalue weighted by molar-refractivity contribution is 0.0243. The fourth-order valence-corrected chi connectivity index (χ4v) is 3.74. The molecule has 0 spiro atoms. The fraction of sp³-hybridized carbons (Fsp3) is 0.643. The zero-order valence-corrected chi connectivity index (χ0v) is 17.2. The molecule has 1 aromatic heterocycles. The van der Waals surface area contributed by atoms with Crippen LogP contribution in [0.15, 0.2) is 20.9 Å². The minimum atomic E-state index is -0.0454. The van der Waals surface area contributed by atoms with E-state index in [0.717, 1.165) is 44.9 Å². The van der Waals surface area contributed by atoms with E-state index < -0.39 is 0 Å². The molecule has 1 atom stereocenters. The van der Waals surface area contributed by atoms with Gasteiger partial charge in [-0.25, -0.2) is 0 Å². The molecule has 0 amide bonds. The molecule has 1 fully saturated rings. The molecule has 1 aliphatic rings. The summed E-state index contributed by atoms with van der Waals surface area (Å²) in [5.41, 5.74) is -0.0454. The van der Waals surface area contributed by atoms with Crippen molar-refractivity contribution in [3.63, 3.8) is 0 Å². The van der Waals surface area contributed by atoms with Gasteiger partial charge in [0.25, 0.3) is 0 Å². The first-order valence-corrected chi connectivity index (χ1v) is 8.55. The maximum absolute atomic E-state index is 5.76. The number of aliphatic imine (C=N–C) groups is 1. The van der Waals surface area contributed by atoms with Crippen LogP contribution in [0, 0.1) is 0 Å². The summed E-state index contributed by atoms with van der Waals surface area (Å²) >= 11 is 5.26. The Balaban J connectivity index is 0.00000220. The van der Waals surface area contributed by atoms with Gasteiger partial charge in [0.05, 0.1) is 9.39 Å². The zero-order chi connectivity index (χ0) is 14.4. The Kier molecular flexibility index (Phi) is 8.51. The average Bonchev–Trinajstić information content (AvgIpc) is 3.03. The Morgan fingerprint density at radius 2 is 2.29 bits per heavy atom. The van der Waals surface area contributed by atoms with Crippen molar-refractivity contribution in [2.75, 3.05) is 26.7 Å². The molecule has 120 valence electrons. The number of rotatable bonds is 5. The van der Waals surface area contributed by atoms with Crippen LogP contribution in [0.4, 0.5) is 0 Å². The summed E-state index contributed by atoms with van der Waals surface area (Å²) in [6.45, 7) is 4.71. The van der Waals surface area contributed by atoms with Crippen LogP contribution < -0.4 is 10.6 Å². The van der Waals surface area contributed by atoms with Gasteiger partial charge < -0.3 is 15.4 Å². The predicted molar refractivity (Wildman–Crippen MR) is 104 cm³/mol. The lowest BCUT2D eigenvalue weighted by Gasteiger charge is -2.24. The molecule has 1 unspecified atom stereocenters. The lowest BCUT2D eigenvalue weighted by Crippen LogP contribution is -2.45. The maximum Gasteiger partial charge on any atom is 0.191 e. The molecule has 1 aliphatic heterocycles. The first-order valence-electron chi connectivity index (χ1n) is 6.94. The van der Waals surface area contributed by atoms with Gasteiger partial charge in [-0.2, -0.15) is 0 Å². The van der Waals surface area contributed by atoms with Crippen LogP contribution >= 0.6 is 51.2 Å². The van der Waals surface area contributed by atoms with Crippen molar-refractivity contribution in [3.05, 3.63) is 20.8 Å². The van der Waals surface area contributed by atoms with Crippen LogP contribution in [-0.2, 0) is 11.2 Å². The highest BCUT2D eigenvalue weighted by Gasteiger charge is 2.29. The van der Waals surface area contributed by atoms with E-state index in [1.54, 1.807) is 18.4 Å². The van der Waals surface area contributed by atoms with Crippen molar-refractivity contribution in [2.45, 2.75) is 31.8 Å². The number of nitrogens with one attached hydrogen (secondary N) is 2. The van der Waals surface area contributed by atoms with Crippen molar-refractivity contribution >= 4 is 57.2 Å². The summed E-state index contributed by atoms with van der Waals surface area (Å²) in [5, 5.41) is 6.69. The first-order chi connectivity index (χ1) is 9.61. The van der Waals surface area contributed by atoms with E-state index >= 15 is 0 Å². The topological polar surface area (TPSA) is 45.7 Å². The summed E-state index contributed by atoms with van der Waals surface area (Å²) in [6.07, 6.45) is 3.27. The minimum absolute atomic E-state index is 0. The van der Waals surface area contributed by atoms with Crippen LogP contribution in [0.25, 0.3) is 0 Å². The molecule has 2 heterocycles. The second-order valence-corrected chi connectivity index (χ2v) is 7.76. The highest BCUT2D eigenvalue weighted by atomic mass is 127. The summed E-state index contributed by atoms with van der Waals surface area (Å²) < 4.78 is 6.94. The Morgan fingerprint density at radius 3 is 2.86 bits per heavy atom. The molecule has 0 aliphatic carbocycles. The number of nitrogens with zero attached hydrogens (tertiary/aromatic N) is 1. The third-order valence-corrected chi connectivity index (χ3v) is 5.13. The largest absolute Gasteiger partial charge is 0.373 e. The Bertz CT molecular complexity index is 461. The average molecular weight is 488 g/mol. The van der Waals surface area contributed by atoms with Crippen molar-refractivity contribution < 1.29 is 4.74 Å². The second kappa shape index (κ2) is 9.32. The molecular weight excluding hydrogens is 465 g/mol. The Hall–Kier alpha value is 0.140. The van der Waals surface area contributed by atoms with E-state index in [9.17, 15) is 0 Å². The van der Waals surface area contributed by atoms with E-state index in [-0.39, 0.29) is 29.6 Å². The fourth-order valence-electron chi connectivity index (χ4n) is 2.26. The van der Waals surface area contributed by atoms with Gasteiger partial charge in [0.1, 0.15) is 0 Å². The maximum atomic E-state index is 5.76. The molecule has 2 N–H and O–H groups in total. The quantitative estimate of drug-likeness (QED) is 0.380. The van der Waals surface area contributed by atoms with Crippen LogP contribution in [0.3, 0.4) is 0 Å². The van der Waals surface area contributed by atoms with Crippen molar-refractivity contribution in [2.24, 2.45) is 4.99 Å². The van der Waals surface area contributed by atoms with Crippen molar-refractivity contribution in [1.82, 2.24) is 10.6 Å². The van der Waals surface area contributed by atoms with E-state index in [1.165, 1.54) is 8.66 Å². The molecule has 1 saturated heterocycles. The Morgan fingerprint density at radius 1 is 1.48 bits per heavy atom. The number of hydrogen-bond donors (Lipinski definition) is 2. The molecule has 0 aromatic carbocycles. The summed E-state index contributed by atoms with van der Waals surface area (Å²) in [7, 11) is 1.80. The number of halogens is 2. The van der Waals surface area contributed by atoms with Gasteiger partial charge in [-0.1, -0.05) is 0 Å². The highest BCUT2D eigenvalue weighted by molar-refractivity contribution is 14.0. The van der Waals surface area contributed by atoms with Gasteiger partial charge in [0, 0.05) is 31.6 Å². The smallest absolute Gasteiger partial charge is 0.191 e. The van der Waals surface area contributed by atoms with Gasteiger partial charge in [-0.15, -0.1) is 35.3 Å². The number of guanidine groups is 1. The van der Waals surface area contributed by atoms with Crippen LogP contribution in [0.5, 0.6) is 0 Å². The molecule has 4 nitrogen and oxygen atoms in total. The molecule has 0 bridgehead atoms. The molecule has 0 radical (unpaired) electrons. The zero-order valence-electron chi connectivity index (χ0n) is 12.4. The van der Waals surface area contributed by atoms with E-state index in [0.29, 0.717) is 0 Å². The van der Waals surface area contributed by atoms with Crippen molar-refractivity contribution in [3.8, 4) is 0 Å². The third kappa shape index (κ3) is 6.42. The van der Waals surface area contributed by atoms with E-state index in [1.807, 2.05) is 0 Å². The van der Waals surface area contributed by atoms with Crippen molar-refractivity contribution in [1.29, 1.82) is 0 Å². The molecule has 2 rings (SSSR count). The molecule has 7 heteroatoms. The monoisotopic (exact) mass is 487 g/mol. The summed E-state index contributed by atoms with van der Waals surface area (Å²) in [6, 6.07) is 4.24. The molecule has 1 aromatic rings. The van der Waals surface area contributed by atoms with Gasteiger partial charge >= 0.3 is 0 Å². The molecule has 21 heavy (non-hydrogen) atoms. The third-order valence-electron chi connectivity index (χ3n) is 3.45. The lowest BCUT2D eigenvalue weighted by atomic mass is 10.0. The summed E-state index contributed by atoms with van der Waals surface area (Å²) in [5.74, 6) is 0.845. The number of hydrogen-bond acceptors (Lipinski definition) is 3. The van der Waals surface area contributed by atoms with Crippen LogP contribution in [0.2, 0.25) is 0 Å². The summed E-state index contributed by atoms with van der Waals surface area (Å²) in [4.78, 5) is 5.62. The number of ether oxygens (including phenoxy) is 1. The second-order valence-electron chi connectivity index (χ2n) is 5.21. The number of thiophene rings is 1. The SMILES string of the molecule is CN=C(NCCc1ccc(Br)s1)NCC1(C)CCCO1.I. The predicted octanol–water partition coefficient (Wildman–Crippen LogP) is 3.41. The highest BCUT2D eigenvalue weighted by Crippen LogP contribution is 2.24. The van der Waals surface area contributed by atoms with Gasteiger partial charge in [-0.05, 0) is 54.2 Å². The van der Waals surface area contributed by atoms with Gasteiger partial charge in [0.2, 0.25) is 0 Å². The normalized spacial score (nSPS) is 22.0. The van der Waals surface area contributed by atoms with E-state index in [4.69, 9.17) is 4.74 Å². The Labute approximate surface area is 156 Å². The van der Waals surface area contributed by atoms with Gasteiger partial charge in [-0.3, -0.25) is 4.99 Å². The van der Waals surface area contributed by atoms with Gasteiger partial charge in [0.15, 0.2) is 5.96 Å².